The number of hydrogen-bond donors (Lipinski definition) is 1. The molecule has 2 aromatic carbocycles. The van der Waals surface area contributed by atoms with Gasteiger partial charge in [-0.2, -0.15) is 0 Å². The number of aliphatic hydroxyl groups is 1. The van der Waals surface area contributed by atoms with E-state index in [-0.39, 0.29) is 48.9 Å². The zero-order valence-corrected chi connectivity index (χ0v) is 25.3. The predicted octanol–water partition coefficient (Wildman–Crippen LogP) is 5.11. The number of esters is 1. The summed E-state index contributed by atoms with van der Waals surface area (Å²) >= 11 is 0. The van der Waals surface area contributed by atoms with Gasteiger partial charge in [0.05, 0.1) is 34.7 Å². The van der Waals surface area contributed by atoms with Crippen LogP contribution >= 0.6 is 0 Å². The van der Waals surface area contributed by atoms with E-state index in [1.165, 1.54) is 6.42 Å². The summed E-state index contributed by atoms with van der Waals surface area (Å²) < 4.78 is 33.7. The number of anilines is 1. The van der Waals surface area contributed by atoms with Gasteiger partial charge in [0, 0.05) is 35.2 Å². The molecule has 4 aliphatic heterocycles. The molecule has 10 heteroatoms. The summed E-state index contributed by atoms with van der Waals surface area (Å²) in [5, 5.41) is 12.2. The van der Waals surface area contributed by atoms with E-state index in [0.717, 1.165) is 41.5 Å². The van der Waals surface area contributed by atoms with E-state index >= 15 is 4.39 Å². The number of aryl methyl sites for hydroxylation is 2. The number of piperidine rings is 1. The quantitative estimate of drug-likeness (QED) is 0.274. The number of aromatic nitrogens is 2. The molecule has 0 saturated carbocycles. The van der Waals surface area contributed by atoms with Crippen molar-refractivity contribution in [2.45, 2.75) is 77.2 Å². The molecule has 9 nitrogen and oxygen atoms in total. The molecule has 6 heterocycles. The summed E-state index contributed by atoms with van der Waals surface area (Å²) in [6, 6.07) is 11.4. The zero-order valence-electron chi connectivity index (χ0n) is 25.3. The highest BCUT2D eigenvalue weighted by atomic mass is 19.1. The second kappa shape index (κ2) is 10.3. The number of rotatable bonds is 5. The fourth-order valence-corrected chi connectivity index (χ4v) is 7.50. The molecule has 0 amide bonds. The fourth-order valence-electron chi connectivity index (χ4n) is 7.50. The van der Waals surface area contributed by atoms with Crippen LogP contribution in [0, 0.1) is 5.82 Å². The Hall–Kier alpha value is -4.44. The Morgan fingerprint density at radius 3 is 2.64 bits per heavy atom. The molecule has 2 atom stereocenters. The second-order valence-electron chi connectivity index (χ2n) is 12.6. The highest BCUT2D eigenvalue weighted by molar-refractivity contribution is 5.91. The van der Waals surface area contributed by atoms with Crippen molar-refractivity contribution in [3.63, 3.8) is 0 Å². The summed E-state index contributed by atoms with van der Waals surface area (Å²) in [5.41, 5.74) is 3.59. The van der Waals surface area contributed by atoms with Gasteiger partial charge in [0.1, 0.15) is 12.4 Å². The predicted molar refractivity (Wildman–Crippen MR) is 165 cm³/mol. The number of pyridine rings is 2. The third-order valence-corrected chi connectivity index (χ3v) is 10.1. The van der Waals surface area contributed by atoms with Crippen LogP contribution in [0.3, 0.4) is 0 Å². The van der Waals surface area contributed by atoms with Gasteiger partial charge in [0.15, 0.2) is 17.1 Å². The van der Waals surface area contributed by atoms with Crippen molar-refractivity contribution in [3.8, 4) is 22.9 Å². The first kappa shape index (κ1) is 28.1. The molecular weight excluding hydrogens is 577 g/mol. The van der Waals surface area contributed by atoms with Crippen molar-refractivity contribution in [2.24, 2.45) is 0 Å². The number of carbonyl (C=O) groups is 1. The minimum atomic E-state index is -1.90. The number of benzene rings is 2. The normalized spacial score (nSPS) is 21.5. The van der Waals surface area contributed by atoms with Crippen molar-refractivity contribution >= 4 is 22.6 Å². The molecule has 0 spiro atoms. The molecular formula is C35H34FN3O6. The smallest absolute Gasteiger partial charge is 0.343 e. The maximum atomic E-state index is 15.5. The van der Waals surface area contributed by atoms with Gasteiger partial charge in [-0.05, 0) is 80.8 Å². The van der Waals surface area contributed by atoms with E-state index in [1.54, 1.807) is 23.6 Å². The molecule has 4 aliphatic rings. The van der Waals surface area contributed by atoms with Crippen LogP contribution in [0.25, 0.3) is 22.3 Å². The molecule has 45 heavy (non-hydrogen) atoms. The molecule has 1 unspecified atom stereocenters. The average Bonchev–Trinajstić information content (AvgIpc) is 3.65. The number of ether oxygens (including phenoxy) is 3. The zero-order chi connectivity index (χ0) is 31.0. The van der Waals surface area contributed by atoms with Crippen LogP contribution in [-0.2, 0) is 41.1 Å². The van der Waals surface area contributed by atoms with Crippen LogP contribution in [-0.4, -0.2) is 40.0 Å². The standard InChI is InChI=1S/C35H34FN3O6/c1-3-35(42)25-14-29-32-23(16-39(29)33(40)24(25)17-43-34(35)41)21(22-13-30-31(45-18-44-30)15-27(22)37-32)9-7-20-8-10-28(26(36)12-20)38-11-5-4-6-19(38)2/h8,10,12-15,19,42H,3-7,9,11,16-18H2,1-2H3/t19?,35-/m0/s1. The monoisotopic (exact) mass is 611 g/mol. The lowest BCUT2D eigenvalue weighted by molar-refractivity contribution is -0.172. The van der Waals surface area contributed by atoms with E-state index in [2.05, 4.69) is 11.8 Å². The van der Waals surface area contributed by atoms with Crippen LogP contribution in [0.4, 0.5) is 10.1 Å². The minimum absolute atomic E-state index is 0.0699. The summed E-state index contributed by atoms with van der Waals surface area (Å²) in [7, 11) is 0. The summed E-state index contributed by atoms with van der Waals surface area (Å²) in [5.74, 6) is 0.255. The highest BCUT2D eigenvalue weighted by Crippen LogP contribution is 2.43. The van der Waals surface area contributed by atoms with Crippen LogP contribution < -0.4 is 19.9 Å². The number of fused-ring (bicyclic) bond motifs is 6. The van der Waals surface area contributed by atoms with E-state index in [1.807, 2.05) is 24.3 Å². The van der Waals surface area contributed by atoms with Crippen LogP contribution in [0.2, 0.25) is 0 Å². The molecule has 0 radical (unpaired) electrons. The summed E-state index contributed by atoms with van der Waals surface area (Å²) in [6.45, 7) is 4.92. The second-order valence-corrected chi connectivity index (χ2v) is 12.6. The van der Waals surface area contributed by atoms with Crippen LogP contribution in [0.1, 0.15) is 67.3 Å². The van der Waals surface area contributed by atoms with Gasteiger partial charge < -0.3 is 28.8 Å². The van der Waals surface area contributed by atoms with E-state index < -0.39 is 11.6 Å². The number of cyclic esters (lactones) is 1. The first-order chi connectivity index (χ1) is 21.8. The Balaban J connectivity index is 1.22. The van der Waals surface area contributed by atoms with Crippen molar-refractivity contribution in [2.75, 3.05) is 18.2 Å². The van der Waals surface area contributed by atoms with Gasteiger partial charge in [-0.3, -0.25) is 4.79 Å². The lowest BCUT2D eigenvalue weighted by atomic mass is 9.86. The largest absolute Gasteiger partial charge is 0.458 e. The van der Waals surface area contributed by atoms with Crippen molar-refractivity contribution in [1.82, 2.24) is 9.55 Å². The first-order valence-corrected chi connectivity index (χ1v) is 15.7. The van der Waals surface area contributed by atoms with Crippen molar-refractivity contribution in [3.05, 3.63) is 80.4 Å². The lowest BCUT2D eigenvalue weighted by Gasteiger charge is -2.35. The highest BCUT2D eigenvalue weighted by Gasteiger charge is 2.45. The number of hydrogen-bond acceptors (Lipinski definition) is 8. The molecule has 0 bridgehead atoms. The molecule has 232 valence electrons. The molecule has 1 saturated heterocycles. The van der Waals surface area contributed by atoms with Gasteiger partial charge in [-0.25, -0.2) is 14.2 Å². The summed E-state index contributed by atoms with van der Waals surface area (Å²) in [6.07, 6.45) is 4.52. The van der Waals surface area contributed by atoms with Crippen molar-refractivity contribution < 1.29 is 28.5 Å². The van der Waals surface area contributed by atoms with Gasteiger partial charge in [-0.1, -0.05) is 13.0 Å². The third-order valence-electron chi connectivity index (χ3n) is 10.1. The van der Waals surface area contributed by atoms with E-state index in [0.29, 0.717) is 53.0 Å². The van der Waals surface area contributed by atoms with Gasteiger partial charge in [0.2, 0.25) is 6.79 Å². The van der Waals surface area contributed by atoms with Crippen molar-refractivity contribution in [1.29, 1.82) is 0 Å². The number of nitrogens with zero attached hydrogens (tertiary/aromatic N) is 3. The molecule has 1 N–H and O–H groups in total. The Bertz CT molecular complexity index is 1970. The third kappa shape index (κ3) is 4.25. The fraction of sp³-hybridized carbons (Fsp3) is 0.400. The molecule has 1 fully saturated rings. The van der Waals surface area contributed by atoms with Gasteiger partial charge in [0.25, 0.3) is 5.56 Å². The van der Waals surface area contributed by atoms with Crippen LogP contribution in [0.5, 0.6) is 11.5 Å². The molecule has 8 rings (SSSR count). The average molecular weight is 612 g/mol. The lowest BCUT2D eigenvalue weighted by Crippen LogP contribution is -2.44. The van der Waals surface area contributed by atoms with Crippen LogP contribution in [0.15, 0.2) is 41.2 Å². The SMILES string of the molecule is CC[C@@]1(O)C(=O)OCc2c1cc1n(c2=O)Cc2c-1nc1cc3c(cc1c2CCc1ccc(N2CCCCC2C)c(F)c1)OCO3. The maximum Gasteiger partial charge on any atom is 0.343 e. The summed E-state index contributed by atoms with van der Waals surface area (Å²) in [4.78, 5) is 33.6. The van der Waals surface area contributed by atoms with E-state index in [9.17, 15) is 14.7 Å². The Morgan fingerprint density at radius 2 is 1.87 bits per heavy atom. The number of halogens is 1. The van der Waals surface area contributed by atoms with Gasteiger partial charge in [-0.15, -0.1) is 0 Å². The topological polar surface area (TPSA) is 103 Å². The first-order valence-electron chi connectivity index (χ1n) is 15.7. The molecule has 2 aromatic heterocycles. The molecule has 0 aliphatic carbocycles. The Kier molecular flexibility index (Phi) is 6.42. The Morgan fingerprint density at radius 1 is 1.04 bits per heavy atom. The number of carbonyl (C=O) groups excluding carboxylic acids is 1. The molecule has 4 aromatic rings. The maximum absolute atomic E-state index is 15.5. The Labute approximate surface area is 259 Å². The minimum Gasteiger partial charge on any atom is -0.458 e. The van der Waals surface area contributed by atoms with E-state index in [4.69, 9.17) is 19.2 Å². The van der Waals surface area contributed by atoms with Gasteiger partial charge >= 0.3 is 5.97 Å².